The minimum atomic E-state index is -1.93. The third-order valence-electron chi connectivity index (χ3n) is 7.23. The number of amides is 1. The standard InChI is InChI=1S/C30H32ClF2N3O5Si/c1-30(2,3)42(5,6)40-12-11-39-25-16-22-18(15-24(25)38-4)23(8-10-35-22)41-28-20(32)13-17(14-21(28)33)27-26(29(34)37)19(31)7-9-36-27/h7-10,13-16H,11-12H2,1-6H3,(H2,34,37). The van der Waals surface area contributed by atoms with Gasteiger partial charge >= 0.3 is 0 Å². The number of aromatic nitrogens is 2. The van der Waals surface area contributed by atoms with Gasteiger partial charge in [-0.25, -0.2) is 8.78 Å². The molecule has 0 atom stereocenters. The van der Waals surface area contributed by atoms with E-state index in [1.165, 1.54) is 31.6 Å². The van der Waals surface area contributed by atoms with Crippen LogP contribution in [0.3, 0.4) is 0 Å². The van der Waals surface area contributed by atoms with Crippen LogP contribution in [0.1, 0.15) is 31.1 Å². The summed E-state index contributed by atoms with van der Waals surface area (Å²) >= 11 is 6.07. The highest BCUT2D eigenvalue weighted by Crippen LogP contribution is 2.40. The van der Waals surface area contributed by atoms with Crippen molar-refractivity contribution in [3.63, 3.8) is 0 Å². The van der Waals surface area contributed by atoms with E-state index in [2.05, 4.69) is 43.8 Å². The molecule has 42 heavy (non-hydrogen) atoms. The number of nitrogens with two attached hydrogens (primary N) is 1. The first-order valence-electron chi connectivity index (χ1n) is 13.1. The zero-order valence-corrected chi connectivity index (χ0v) is 25.9. The largest absolute Gasteiger partial charge is 0.493 e. The van der Waals surface area contributed by atoms with Gasteiger partial charge in [0.2, 0.25) is 0 Å². The van der Waals surface area contributed by atoms with Crippen molar-refractivity contribution in [3.8, 4) is 34.3 Å². The fourth-order valence-electron chi connectivity index (χ4n) is 3.95. The lowest BCUT2D eigenvalue weighted by Gasteiger charge is -2.36. The molecule has 0 aliphatic carbocycles. The SMILES string of the molecule is COc1cc2c(Oc3c(F)cc(-c4nccc(Cl)c4C(N)=O)cc3F)ccnc2cc1OCCO[Si](C)(C)C(C)(C)C. The third kappa shape index (κ3) is 6.48. The van der Waals surface area contributed by atoms with Crippen LogP contribution in [0.2, 0.25) is 23.2 Å². The Hall–Kier alpha value is -3.80. The van der Waals surface area contributed by atoms with Crippen LogP contribution >= 0.6 is 11.6 Å². The summed E-state index contributed by atoms with van der Waals surface area (Å²) in [7, 11) is -0.442. The van der Waals surface area contributed by atoms with Gasteiger partial charge in [-0.3, -0.25) is 14.8 Å². The maximum absolute atomic E-state index is 15.2. The molecule has 2 N–H and O–H groups in total. The molecule has 0 aliphatic rings. The Morgan fingerprint density at radius 2 is 1.64 bits per heavy atom. The Bertz CT molecular complexity index is 1620. The Morgan fingerprint density at radius 1 is 0.976 bits per heavy atom. The summed E-state index contributed by atoms with van der Waals surface area (Å²) in [6, 6.07) is 8.11. The molecule has 0 unspecified atom stereocenters. The lowest BCUT2D eigenvalue weighted by Crippen LogP contribution is -2.41. The van der Waals surface area contributed by atoms with Crippen LogP contribution in [0.15, 0.2) is 48.8 Å². The fraction of sp³-hybridized carbons (Fsp3) is 0.300. The van der Waals surface area contributed by atoms with Crippen LogP contribution in [-0.4, -0.2) is 44.5 Å². The molecule has 0 spiro atoms. The van der Waals surface area contributed by atoms with Gasteiger partial charge in [-0.1, -0.05) is 32.4 Å². The molecular formula is C30H32ClF2N3O5Si. The number of primary amides is 1. The summed E-state index contributed by atoms with van der Waals surface area (Å²) in [4.78, 5) is 20.3. The monoisotopic (exact) mass is 615 g/mol. The maximum Gasteiger partial charge on any atom is 0.252 e. The number of nitrogens with zero attached hydrogens (tertiary/aromatic N) is 2. The minimum Gasteiger partial charge on any atom is -0.493 e. The first-order chi connectivity index (χ1) is 19.7. The van der Waals surface area contributed by atoms with Gasteiger partial charge in [-0.2, -0.15) is 0 Å². The molecule has 0 fully saturated rings. The number of benzene rings is 2. The predicted molar refractivity (Wildman–Crippen MR) is 160 cm³/mol. The van der Waals surface area contributed by atoms with Crippen molar-refractivity contribution in [1.29, 1.82) is 0 Å². The van der Waals surface area contributed by atoms with Crippen LogP contribution < -0.4 is 19.9 Å². The van der Waals surface area contributed by atoms with Crippen LogP contribution in [-0.2, 0) is 4.43 Å². The first kappa shape index (κ1) is 31.1. The number of hydrogen-bond donors (Lipinski definition) is 1. The summed E-state index contributed by atoms with van der Waals surface area (Å²) in [6.07, 6.45) is 2.76. The van der Waals surface area contributed by atoms with Crippen LogP contribution in [0.5, 0.6) is 23.0 Å². The Balaban J connectivity index is 1.61. The summed E-state index contributed by atoms with van der Waals surface area (Å²) < 4.78 is 53.9. The van der Waals surface area contributed by atoms with E-state index in [-0.39, 0.29) is 32.6 Å². The number of rotatable bonds is 10. The van der Waals surface area contributed by atoms with Crippen molar-refractivity contribution >= 4 is 36.7 Å². The molecule has 1 amide bonds. The Kier molecular flexibility index (Phi) is 9.05. The third-order valence-corrected chi connectivity index (χ3v) is 12.1. The van der Waals surface area contributed by atoms with Crippen molar-refractivity contribution < 1.29 is 32.2 Å². The molecule has 4 rings (SSSR count). The molecule has 0 saturated heterocycles. The molecule has 0 saturated carbocycles. The normalized spacial score (nSPS) is 11.9. The summed E-state index contributed by atoms with van der Waals surface area (Å²) in [5.74, 6) is -2.63. The minimum absolute atomic E-state index is 0.0114. The molecule has 8 nitrogen and oxygen atoms in total. The summed E-state index contributed by atoms with van der Waals surface area (Å²) in [6.45, 7) is 11.5. The number of carbonyl (C=O) groups excluding carboxylic acids is 1. The molecule has 0 bridgehead atoms. The molecule has 2 aromatic heterocycles. The van der Waals surface area contributed by atoms with E-state index in [1.807, 2.05) is 0 Å². The number of methoxy groups -OCH3 is 1. The quantitative estimate of drug-likeness (QED) is 0.145. The number of fused-ring (bicyclic) bond motifs is 1. The first-order valence-corrected chi connectivity index (χ1v) is 16.4. The number of halogens is 3. The molecule has 4 aromatic rings. The van der Waals surface area contributed by atoms with E-state index in [1.54, 1.807) is 12.1 Å². The van der Waals surface area contributed by atoms with Gasteiger partial charge in [0, 0.05) is 29.4 Å². The van der Waals surface area contributed by atoms with E-state index < -0.39 is 31.6 Å². The lowest BCUT2D eigenvalue weighted by atomic mass is 10.0. The lowest BCUT2D eigenvalue weighted by molar-refractivity contribution is 0.100. The van der Waals surface area contributed by atoms with Gasteiger partial charge in [0.25, 0.3) is 5.91 Å². The molecule has 0 aliphatic heterocycles. The highest BCUT2D eigenvalue weighted by molar-refractivity contribution is 6.74. The van der Waals surface area contributed by atoms with Crippen molar-refractivity contribution in [2.75, 3.05) is 20.3 Å². The van der Waals surface area contributed by atoms with Gasteiger partial charge in [-0.15, -0.1) is 0 Å². The van der Waals surface area contributed by atoms with Crippen LogP contribution in [0.25, 0.3) is 22.2 Å². The van der Waals surface area contributed by atoms with Crippen molar-refractivity contribution in [2.24, 2.45) is 5.73 Å². The number of carbonyl (C=O) groups is 1. The zero-order valence-electron chi connectivity index (χ0n) is 24.2. The molecule has 2 aromatic carbocycles. The Labute approximate surface area is 248 Å². The highest BCUT2D eigenvalue weighted by atomic mass is 35.5. The smallest absolute Gasteiger partial charge is 0.252 e. The molecular weight excluding hydrogens is 584 g/mol. The summed E-state index contributed by atoms with van der Waals surface area (Å²) in [5.41, 5.74) is 5.63. The second-order valence-electron chi connectivity index (χ2n) is 11.0. The van der Waals surface area contributed by atoms with Crippen LogP contribution in [0.4, 0.5) is 8.78 Å². The van der Waals surface area contributed by atoms with Gasteiger partial charge < -0.3 is 24.4 Å². The van der Waals surface area contributed by atoms with Crippen molar-refractivity contribution in [2.45, 2.75) is 38.9 Å². The summed E-state index contributed by atoms with van der Waals surface area (Å²) in [5, 5.41) is 0.526. The van der Waals surface area contributed by atoms with E-state index in [0.29, 0.717) is 35.6 Å². The van der Waals surface area contributed by atoms with Gasteiger partial charge in [-0.05, 0) is 48.5 Å². The second kappa shape index (κ2) is 12.2. The van der Waals surface area contributed by atoms with E-state index in [0.717, 1.165) is 12.1 Å². The van der Waals surface area contributed by atoms with Gasteiger partial charge in [0.1, 0.15) is 12.4 Å². The number of pyridine rings is 2. The number of ether oxygens (including phenoxy) is 3. The average Bonchev–Trinajstić information content (AvgIpc) is 2.91. The Morgan fingerprint density at radius 3 is 2.26 bits per heavy atom. The fourth-order valence-corrected chi connectivity index (χ4v) is 5.22. The van der Waals surface area contributed by atoms with Crippen LogP contribution in [0, 0.1) is 11.6 Å². The van der Waals surface area contributed by atoms with E-state index >= 15 is 8.78 Å². The topological polar surface area (TPSA) is 106 Å². The molecule has 0 radical (unpaired) electrons. The van der Waals surface area contributed by atoms with Gasteiger partial charge in [0.05, 0.1) is 35.5 Å². The predicted octanol–water partition coefficient (Wildman–Crippen LogP) is 7.53. The second-order valence-corrected chi connectivity index (χ2v) is 16.3. The zero-order chi connectivity index (χ0) is 30.8. The average molecular weight is 616 g/mol. The van der Waals surface area contributed by atoms with Crippen molar-refractivity contribution in [1.82, 2.24) is 9.97 Å². The maximum atomic E-state index is 15.2. The molecule has 2 heterocycles. The van der Waals surface area contributed by atoms with Gasteiger partial charge in [0.15, 0.2) is 37.2 Å². The number of hydrogen-bond acceptors (Lipinski definition) is 7. The molecule has 12 heteroatoms. The van der Waals surface area contributed by atoms with Crippen molar-refractivity contribution in [3.05, 3.63) is 71.0 Å². The molecule has 222 valence electrons. The van der Waals surface area contributed by atoms with E-state index in [4.69, 9.17) is 36.0 Å². The highest BCUT2D eigenvalue weighted by Gasteiger charge is 2.37. The van der Waals surface area contributed by atoms with E-state index in [9.17, 15) is 4.79 Å².